The Morgan fingerprint density at radius 1 is 1.18 bits per heavy atom. The molecular weight excluding hydrogens is 208 g/mol. The van der Waals surface area contributed by atoms with Crippen LogP contribution in [0.15, 0.2) is 18.2 Å². The van der Waals surface area contributed by atoms with Gasteiger partial charge in [0, 0.05) is 0 Å². The van der Waals surface area contributed by atoms with Crippen molar-refractivity contribution in [3.05, 3.63) is 29.3 Å². The molecule has 0 heterocycles. The number of unbranched alkanes of at least 4 members (excludes halogenated alkanes) is 1. The van der Waals surface area contributed by atoms with Crippen LogP contribution in [-0.2, 0) is 6.42 Å². The van der Waals surface area contributed by atoms with Gasteiger partial charge < -0.3 is 5.11 Å². The summed E-state index contributed by atoms with van der Waals surface area (Å²) < 4.78 is 0. The average molecular weight is 232 g/mol. The van der Waals surface area contributed by atoms with Gasteiger partial charge >= 0.3 is 0 Å². The Labute approximate surface area is 105 Å². The molecule has 94 valence electrons. The monoisotopic (exact) mass is 232 g/mol. The van der Waals surface area contributed by atoms with Crippen LogP contribution in [-0.4, -0.2) is 5.11 Å². The van der Waals surface area contributed by atoms with Gasteiger partial charge in [-0.25, -0.2) is 0 Å². The van der Waals surface area contributed by atoms with Crippen LogP contribution in [0.3, 0.4) is 0 Å². The smallest absolute Gasteiger partial charge is 0.122 e. The molecule has 0 aromatic heterocycles. The first kappa shape index (κ1) is 12.5. The van der Waals surface area contributed by atoms with E-state index in [1.54, 1.807) is 0 Å². The fraction of sp³-hybridized carbons (Fsp3) is 0.625. The van der Waals surface area contributed by atoms with Crippen molar-refractivity contribution >= 4 is 0 Å². The normalized spacial score (nSPS) is 17.2. The van der Waals surface area contributed by atoms with Crippen molar-refractivity contribution in [2.75, 3.05) is 0 Å². The maximum Gasteiger partial charge on any atom is 0.122 e. The second-order valence-electron chi connectivity index (χ2n) is 5.29. The first-order valence-electron chi connectivity index (χ1n) is 7.13. The Balaban J connectivity index is 2.15. The van der Waals surface area contributed by atoms with Crippen molar-refractivity contribution in [1.29, 1.82) is 0 Å². The van der Waals surface area contributed by atoms with E-state index in [2.05, 4.69) is 25.1 Å². The van der Waals surface area contributed by atoms with Crippen LogP contribution >= 0.6 is 0 Å². The average Bonchev–Trinajstić information content (AvgIpc) is 2.39. The molecule has 1 aliphatic carbocycles. The molecule has 0 amide bonds. The van der Waals surface area contributed by atoms with Gasteiger partial charge in [-0.05, 0) is 42.7 Å². The van der Waals surface area contributed by atoms with Gasteiger partial charge in [-0.3, -0.25) is 0 Å². The Kier molecular flexibility index (Phi) is 4.47. The lowest BCUT2D eigenvalue weighted by Gasteiger charge is -2.23. The van der Waals surface area contributed by atoms with Crippen molar-refractivity contribution in [2.24, 2.45) is 0 Å². The summed E-state index contributed by atoms with van der Waals surface area (Å²) in [5.74, 6) is 1.19. The Hall–Kier alpha value is -0.980. The zero-order chi connectivity index (χ0) is 12.1. The first-order chi connectivity index (χ1) is 8.33. The predicted octanol–water partition coefficient (Wildman–Crippen LogP) is 4.78. The van der Waals surface area contributed by atoms with E-state index in [-0.39, 0.29) is 0 Å². The lowest BCUT2D eigenvalue weighted by Crippen LogP contribution is -2.05. The summed E-state index contributed by atoms with van der Waals surface area (Å²) in [4.78, 5) is 0. The number of aryl methyl sites for hydroxylation is 1. The van der Waals surface area contributed by atoms with E-state index in [0.29, 0.717) is 11.7 Å². The second-order valence-corrected chi connectivity index (χ2v) is 5.29. The molecule has 1 aromatic rings. The van der Waals surface area contributed by atoms with Gasteiger partial charge in [0.1, 0.15) is 5.75 Å². The van der Waals surface area contributed by atoms with Crippen molar-refractivity contribution in [1.82, 2.24) is 0 Å². The van der Waals surface area contributed by atoms with Crippen molar-refractivity contribution in [2.45, 2.75) is 64.2 Å². The molecule has 1 saturated carbocycles. The number of phenolic OH excluding ortho intramolecular Hbond substituents is 1. The van der Waals surface area contributed by atoms with E-state index in [1.807, 2.05) is 0 Å². The molecule has 1 heteroatoms. The van der Waals surface area contributed by atoms with Crippen LogP contribution in [0.25, 0.3) is 0 Å². The quantitative estimate of drug-likeness (QED) is 0.792. The molecule has 1 aromatic carbocycles. The topological polar surface area (TPSA) is 20.2 Å². The van der Waals surface area contributed by atoms with E-state index >= 15 is 0 Å². The molecule has 0 spiro atoms. The van der Waals surface area contributed by atoms with Crippen LogP contribution in [0.4, 0.5) is 0 Å². The number of hydrogen-bond acceptors (Lipinski definition) is 1. The lowest BCUT2D eigenvalue weighted by atomic mass is 9.83. The summed E-state index contributed by atoms with van der Waals surface area (Å²) in [7, 11) is 0. The standard InChI is InChI=1S/C16H24O/c1-2-3-8-14-11-7-12-15(16(14)17)13-9-5-4-6-10-13/h7,11-13,17H,2-6,8-10H2,1H3. The maximum absolute atomic E-state index is 10.4. The van der Waals surface area contributed by atoms with Crippen molar-refractivity contribution in [3.63, 3.8) is 0 Å². The molecule has 1 aliphatic rings. The van der Waals surface area contributed by atoms with E-state index < -0.39 is 0 Å². The zero-order valence-corrected chi connectivity index (χ0v) is 10.9. The van der Waals surface area contributed by atoms with Gasteiger partial charge in [0.25, 0.3) is 0 Å². The molecule has 2 rings (SSSR count). The third-order valence-corrected chi connectivity index (χ3v) is 4.00. The molecule has 0 saturated heterocycles. The van der Waals surface area contributed by atoms with Gasteiger partial charge in [0.15, 0.2) is 0 Å². The number of para-hydroxylation sites is 1. The summed E-state index contributed by atoms with van der Waals surface area (Å²) in [6, 6.07) is 6.33. The highest BCUT2D eigenvalue weighted by molar-refractivity contribution is 5.42. The second kappa shape index (κ2) is 6.09. The molecule has 0 unspecified atom stereocenters. The number of benzene rings is 1. The van der Waals surface area contributed by atoms with Gasteiger partial charge in [-0.2, -0.15) is 0 Å². The number of phenols is 1. The van der Waals surface area contributed by atoms with Crippen molar-refractivity contribution in [3.8, 4) is 5.75 Å². The van der Waals surface area contributed by atoms with Gasteiger partial charge in [0.2, 0.25) is 0 Å². The summed E-state index contributed by atoms with van der Waals surface area (Å²) >= 11 is 0. The highest BCUT2D eigenvalue weighted by atomic mass is 16.3. The van der Waals surface area contributed by atoms with E-state index in [1.165, 1.54) is 50.5 Å². The minimum absolute atomic E-state index is 0.591. The number of rotatable bonds is 4. The number of aromatic hydroxyl groups is 1. The lowest BCUT2D eigenvalue weighted by molar-refractivity contribution is 0.411. The van der Waals surface area contributed by atoms with Crippen LogP contribution in [0, 0.1) is 0 Å². The van der Waals surface area contributed by atoms with Gasteiger partial charge in [-0.15, -0.1) is 0 Å². The Bertz CT molecular complexity index is 351. The Morgan fingerprint density at radius 3 is 2.65 bits per heavy atom. The van der Waals surface area contributed by atoms with Gasteiger partial charge in [-0.1, -0.05) is 50.8 Å². The Morgan fingerprint density at radius 2 is 1.94 bits per heavy atom. The summed E-state index contributed by atoms with van der Waals surface area (Å²) in [5, 5.41) is 10.4. The minimum atomic E-state index is 0.591. The third-order valence-electron chi connectivity index (χ3n) is 4.00. The van der Waals surface area contributed by atoms with Crippen LogP contribution in [0.5, 0.6) is 5.75 Å². The molecule has 0 atom stereocenters. The van der Waals surface area contributed by atoms with Crippen LogP contribution < -0.4 is 0 Å². The first-order valence-corrected chi connectivity index (χ1v) is 7.13. The van der Waals surface area contributed by atoms with Crippen LogP contribution in [0.1, 0.15) is 68.9 Å². The summed E-state index contributed by atoms with van der Waals surface area (Å²) in [6.45, 7) is 2.20. The maximum atomic E-state index is 10.4. The molecule has 0 aliphatic heterocycles. The summed E-state index contributed by atoms with van der Waals surface area (Å²) in [5.41, 5.74) is 2.35. The van der Waals surface area contributed by atoms with Gasteiger partial charge in [0.05, 0.1) is 0 Å². The highest BCUT2D eigenvalue weighted by Gasteiger charge is 2.19. The van der Waals surface area contributed by atoms with Crippen LogP contribution in [0.2, 0.25) is 0 Å². The molecule has 17 heavy (non-hydrogen) atoms. The molecule has 0 bridgehead atoms. The fourth-order valence-corrected chi connectivity index (χ4v) is 2.92. The zero-order valence-electron chi connectivity index (χ0n) is 10.9. The highest BCUT2D eigenvalue weighted by Crippen LogP contribution is 2.38. The molecular formula is C16H24O. The minimum Gasteiger partial charge on any atom is -0.507 e. The van der Waals surface area contributed by atoms with E-state index in [9.17, 15) is 5.11 Å². The summed E-state index contributed by atoms with van der Waals surface area (Å²) in [6.07, 6.45) is 9.90. The molecule has 1 N–H and O–H groups in total. The molecule has 0 radical (unpaired) electrons. The molecule has 1 nitrogen and oxygen atoms in total. The largest absolute Gasteiger partial charge is 0.507 e. The van der Waals surface area contributed by atoms with Crippen molar-refractivity contribution < 1.29 is 5.11 Å². The molecule has 1 fully saturated rings. The SMILES string of the molecule is CCCCc1cccc(C2CCCCC2)c1O. The number of hydrogen-bond donors (Lipinski definition) is 1. The fourth-order valence-electron chi connectivity index (χ4n) is 2.92. The predicted molar refractivity (Wildman–Crippen MR) is 72.5 cm³/mol. The van der Waals surface area contributed by atoms with E-state index in [4.69, 9.17) is 0 Å². The third kappa shape index (κ3) is 3.02. The van der Waals surface area contributed by atoms with E-state index in [0.717, 1.165) is 12.0 Å².